The van der Waals surface area contributed by atoms with Gasteiger partial charge in [0, 0.05) is 19.8 Å². The number of nitrogens with two attached hydrogens (primary N) is 2. The second kappa shape index (κ2) is 3.80. The van der Waals surface area contributed by atoms with Crippen LogP contribution in [0.25, 0.3) is 0 Å². The van der Waals surface area contributed by atoms with Gasteiger partial charge in [0.05, 0.1) is 5.69 Å². The van der Waals surface area contributed by atoms with Gasteiger partial charge < -0.3 is 16.4 Å². The summed E-state index contributed by atoms with van der Waals surface area (Å²) in [4.78, 5) is 5.93. The first-order valence-corrected chi connectivity index (χ1v) is 3.96. The predicted molar refractivity (Wildman–Crippen MR) is 56.2 cm³/mol. The standard InChI is InChI=1S/C9H14N4/c1-13(2)8-5-3-7(4-6-8)12-9(10)11/h3-6H,1-2H3,(H4,10,11,12). The van der Waals surface area contributed by atoms with Gasteiger partial charge in [0.15, 0.2) is 5.96 Å². The molecule has 70 valence electrons. The van der Waals surface area contributed by atoms with Crippen LogP contribution in [-0.4, -0.2) is 20.1 Å². The molecule has 0 saturated heterocycles. The van der Waals surface area contributed by atoms with Crippen LogP contribution >= 0.6 is 0 Å². The first kappa shape index (κ1) is 9.38. The largest absolute Gasteiger partial charge is 0.378 e. The number of benzene rings is 1. The lowest BCUT2D eigenvalue weighted by molar-refractivity contribution is 1.13. The summed E-state index contributed by atoms with van der Waals surface area (Å²) in [6, 6.07) is 7.66. The molecular formula is C9H14N4. The van der Waals surface area contributed by atoms with Crippen molar-refractivity contribution in [3.63, 3.8) is 0 Å². The minimum absolute atomic E-state index is 0.0811. The molecule has 0 aliphatic heterocycles. The van der Waals surface area contributed by atoms with Crippen molar-refractivity contribution in [1.82, 2.24) is 0 Å². The highest BCUT2D eigenvalue weighted by atomic mass is 15.1. The van der Waals surface area contributed by atoms with Gasteiger partial charge >= 0.3 is 0 Å². The van der Waals surface area contributed by atoms with Crippen LogP contribution in [0.1, 0.15) is 0 Å². The van der Waals surface area contributed by atoms with Gasteiger partial charge in [-0.2, -0.15) is 0 Å². The number of anilines is 1. The van der Waals surface area contributed by atoms with Gasteiger partial charge in [-0.05, 0) is 24.3 Å². The van der Waals surface area contributed by atoms with Crippen molar-refractivity contribution in [2.45, 2.75) is 0 Å². The molecule has 0 unspecified atom stereocenters. The number of hydrogen-bond donors (Lipinski definition) is 2. The molecule has 4 N–H and O–H groups in total. The second-order valence-electron chi connectivity index (χ2n) is 2.95. The Bertz CT molecular complexity index is 296. The van der Waals surface area contributed by atoms with Gasteiger partial charge in [0.1, 0.15) is 0 Å². The maximum atomic E-state index is 5.24. The van der Waals surface area contributed by atoms with E-state index >= 15 is 0 Å². The fourth-order valence-electron chi connectivity index (χ4n) is 0.974. The summed E-state index contributed by atoms with van der Waals surface area (Å²) in [7, 11) is 3.96. The van der Waals surface area contributed by atoms with Gasteiger partial charge in [-0.3, -0.25) is 0 Å². The van der Waals surface area contributed by atoms with Crippen LogP contribution in [0.15, 0.2) is 29.3 Å². The third kappa shape index (κ3) is 2.66. The molecule has 0 aliphatic carbocycles. The molecule has 0 radical (unpaired) electrons. The first-order valence-electron chi connectivity index (χ1n) is 3.96. The number of nitrogens with zero attached hydrogens (tertiary/aromatic N) is 2. The average Bonchev–Trinajstić information content (AvgIpc) is 2.04. The molecule has 0 atom stereocenters. The van der Waals surface area contributed by atoms with Crippen molar-refractivity contribution in [3.05, 3.63) is 24.3 Å². The third-order valence-corrected chi connectivity index (χ3v) is 1.62. The molecular weight excluding hydrogens is 164 g/mol. The van der Waals surface area contributed by atoms with Crippen LogP contribution in [0.4, 0.5) is 11.4 Å². The summed E-state index contributed by atoms with van der Waals surface area (Å²) < 4.78 is 0. The van der Waals surface area contributed by atoms with E-state index in [1.54, 1.807) is 0 Å². The van der Waals surface area contributed by atoms with Crippen molar-refractivity contribution in [2.75, 3.05) is 19.0 Å². The summed E-state index contributed by atoms with van der Waals surface area (Å²) in [6.07, 6.45) is 0. The van der Waals surface area contributed by atoms with Crippen molar-refractivity contribution >= 4 is 17.3 Å². The van der Waals surface area contributed by atoms with E-state index in [0.29, 0.717) is 0 Å². The number of hydrogen-bond acceptors (Lipinski definition) is 2. The van der Waals surface area contributed by atoms with Gasteiger partial charge in [-0.25, -0.2) is 4.99 Å². The van der Waals surface area contributed by atoms with E-state index in [1.165, 1.54) is 0 Å². The maximum absolute atomic E-state index is 5.24. The molecule has 0 aromatic heterocycles. The smallest absolute Gasteiger partial charge is 0.191 e. The topological polar surface area (TPSA) is 67.6 Å². The Kier molecular flexibility index (Phi) is 2.74. The molecule has 0 amide bonds. The van der Waals surface area contributed by atoms with E-state index in [4.69, 9.17) is 11.5 Å². The number of guanidine groups is 1. The quantitative estimate of drug-likeness (QED) is 0.516. The summed E-state index contributed by atoms with van der Waals surface area (Å²) in [5, 5.41) is 0. The Morgan fingerprint density at radius 1 is 1.15 bits per heavy atom. The van der Waals surface area contributed by atoms with Crippen LogP contribution in [0.5, 0.6) is 0 Å². The zero-order valence-electron chi connectivity index (χ0n) is 7.86. The molecule has 4 nitrogen and oxygen atoms in total. The minimum atomic E-state index is 0.0811. The Morgan fingerprint density at radius 2 is 1.69 bits per heavy atom. The van der Waals surface area contributed by atoms with Crippen LogP contribution in [0.3, 0.4) is 0 Å². The molecule has 1 rings (SSSR count). The Labute approximate surface area is 77.9 Å². The molecule has 1 aromatic carbocycles. The number of aliphatic imine (C=N–C) groups is 1. The van der Waals surface area contributed by atoms with Gasteiger partial charge in [0.25, 0.3) is 0 Å². The molecule has 0 aliphatic rings. The normalized spacial score (nSPS) is 9.38. The first-order chi connectivity index (χ1) is 6.09. The summed E-state index contributed by atoms with van der Waals surface area (Å²) >= 11 is 0. The van der Waals surface area contributed by atoms with Gasteiger partial charge in [-0.1, -0.05) is 0 Å². The van der Waals surface area contributed by atoms with Crippen molar-refractivity contribution in [3.8, 4) is 0 Å². The second-order valence-corrected chi connectivity index (χ2v) is 2.95. The molecule has 0 spiro atoms. The molecule has 13 heavy (non-hydrogen) atoms. The van der Waals surface area contributed by atoms with E-state index in [2.05, 4.69) is 4.99 Å². The molecule has 1 aromatic rings. The van der Waals surface area contributed by atoms with Crippen LogP contribution in [0, 0.1) is 0 Å². The Balaban J connectivity index is 2.88. The Hall–Kier alpha value is -1.71. The van der Waals surface area contributed by atoms with E-state index in [0.717, 1.165) is 11.4 Å². The zero-order chi connectivity index (χ0) is 9.84. The molecule has 0 heterocycles. The number of rotatable bonds is 2. The summed E-state index contributed by atoms with van der Waals surface area (Å²) in [5.41, 5.74) is 12.4. The molecule has 0 saturated carbocycles. The van der Waals surface area contributed by atoms with Crippen molar-refractivity contribution in [2.24, 2.45) is 16.5 Å². The van der Waals surface area contributed by atoms with Gasteiger partial charge in [0.2, 0.25) is 0 Å². The SMILES string of the molecule is CN(C)c1ccc(N=C(N)N)cc1. The highest BCUT2D eigenvalue weighted by molar-refractivity contribution is 5.79. The molecule has 0 fully saturated rings. The van der Waals surface area contributed by atoms with E-state index in [1.807, 2.05) is 43.3 Å². The lowest BCUT2D eigenvalue weighted by atomic mass is 10.3. The van der Waals surface area contributed by atoms with E-state index in [-0.39, 0.29) is 5.96 Å². The fourth-order valence-corrected chi connectivity index (χ4v) is 0.974. The van der Waals surface area contributed by atoms with Crippen LogP contribution in [0.2, 0.25) is 0 Å². The van der Waals surface area contributed by atoms with Crippen LogP contribution < -0.4 is 16.4 Å². The highest BCUT2D eigenvalue weighted by Crippen LogP contribution is 2.17. The lowest BCUT2D eigenvalue weighted by Crippen LogP contribution is -2.21. The lowest BCUT2D eigenvalue weighted by Gasteiger charge is -2.11. The maximum Gasteiger partial charge on any atom is 0.191 e. The fraction of sp³-hybridized carbons (Fsp3) is 0.222. The van der Waals surface area contributed by atoms with E-state index in [9.17, 15) is 0 Å². The van der Waals surface area contributed by atoms with Crippen molar-refractivity contribution in [1.29, 1.82) is 0 Å². The van der Waals surface area contributed by atoms with Crippen molar-refractivity contribution < 1.29 is 0 Å². The van der Waals surface area contributed by atoms with Crippen LogP contribution in [-0.2, 0) is 0 Å². The third-order valence-electron chi connectivity index (χ3n) is 1.62. The highest BCUT2D eigenvalue weighted by Gasteiger charge is 1.94. The van der Waals surface area contributed by atoms with E-state index < -0.39 is 0 Å². The summed E-state index contributed by atoms with van der Waals surface area (Å²) in [6.45, 7) is 0. The zero-order valence-corrected chi connectivity index (χ0v) is 7.86. The summed E-state index contributed by atoms with van der Waals surface area (Å²) in [5.74, 6) is 0.0811. The Morgan fingerprint density at radius 3 is 2.08 bits per heavy atom. The average molecular weight is 178 g/mol. The predicted octanol–water partition coefficient (Wildman–Crippen LogP) is 0.657. The minimum Gasteiger partial charge on any atom is -0.378 e. The monoisotopic (exact) mass is 178 g/mol. The molecule has 4 heteroatoms. The van der Waals surface area contributed by atoms with Gasteiger partial charge in [-0.15, -0.1) is 0 Å². The molecule has 0 bridgehead atoms.